The smallest absolute Gasteiger partial charge is 0.260 e. The molecule has 0 spiro atoms. The van der Waals surface area contributed by atoms with E-state index in [2.05, 4.69) is 26.6 Å². The molecule has 5 heteroatoms. The highest BCUT2D eigenvalue weighted by Crippen LogP contribution is 2.30. The topological polar surface area (TPSA) is 50.4 Å². The Hall–Kier alpha value is -1.07. The summed E-state index contributed by atoms with van der Waals surface area (Å²) in [7, 11) is 1.60. The van der Waals surface area contributed by atoms with Crippen molar-refractivity contribution in [2.24, 2.45) is 0 Å². The Kier molecular flexibility index (Phi) is 6.15. The van der Waals surface area contributed by atoms with Crippen molar-refractivity contribution in [3.63, 3.8) is 0 Å². The van der Waals surface area contributed by atoms with Crippen molar-refractivity contribution < 1.29 is 9.53 Å². The molecule has 4 nitrogen and oxygen atoms in total. The van der Waals surface area contributed by atoms with Gasteiger partial charge < -0.3 is 15.4 Å². The molecule has 0 aromatic heterocycles. The molecule has 0 radical (unpaired) electrons. The van der Waals surface area contributed by atoms with Crippen molar-refractivity contribution >= 4 is 21.8 Å². The molecule has 1 rings (SSSR count). The first-order valence-corrected chi connectivity index (χ1v) is 6.75. The van der Waals surface area contributed by atoms with Crippen molar-refractivity contribution in [2.45, 2.75) is 26.5 Å². The monoisotopic (exact) mass is 314 g/mol. The molecule has 0 aliphatic rings. The van der Waals surface area contributed by atoms with Gasteiger partial charge in [0.1, 0.15) is 5.75 Å². The van der Waals surface area contributed by atoms with Gasteiger partial charge >= 0.3 is 0 Å². The van der Waals surface area contributed by atoms with Crippen LogP contribution in [0.2, 0.25) is 0 Å². The van der Waals surface area contributed by atoms with Crippen LogP contribution in [0.5, 0.6) is 5.75 Å². The number of halogens is 1. The van der Waals surface area contributed by atoms with Crippen LogP contribution in [-0.4, -0.2) is 25.6 Å². The van der Waals surface area contributed by atoms with E-state index in [1.165, 1.54) is 0 Å². The molecule has 1 unspecified atom stereocenters. The lowest BCUT2D eigenvalue weighted by atomic mass is 10.2. The zero-order valence-electron chi connectivity index (χ0n) is 10.9. The third-order valence-electron chi connectivity index (χ3n) is 2.52. The second kappa shape index (κ2) is 7.38. The summed E-state index contributed by atoms with van der Waals surface area (Å²) in [5.41, 5.74) is 1.03. The first-order valence-electron chi connectivity index (χ1n) is 5.96. The average Bonchev–Trinajstić information content (AvgIpc) is 2.38. The van der Waals surface area contributed by atoms with Crippen LogP contribution in [0, 0.1) is 0 Å². The predicted molar refractivity (Wildman–Crippen MR) is 75.7 cm³/mol. The van der Waals surface area contributed by atoms with Crippen molar-refractivity contribution in [1.82, 2.24) is 10.6 Å². The highest BCUT2D eigenvalue weighted by atomic mass is 79.9. The van der Waals surface area contributed by atoms with E-state index in [9.17, 15) is 4.79 Å². The molecule has 1 amide bonds. The number of benzene rings is 1. The maximum Gasteiger partial charge on any atom is 0.260 e. The minimum absolute atomic E-state index is 0.139. The molecule has 100 valence electrons. The average molecular weight is 315 g/mol. The summed E-state index contributed by atoms with van der Waals surface area (Å²) in [4.78, 5) is 11.5. The van der Waals surface area contributed by atoms with Crippen LogP contribution in [-0.2, 0) is 11.3 Å². The van der Waals surface area contributed by atoms with Gasteiger partial charge in [-0.3, -0.25) is 4.79 Å². The molecular weight excluding hydrogens is 296 g/mol. The Balaban J connectivity index is 2.88. The Labute approximate surface area is 116 Å². The van der Waals surface area contributed by atoms with Gasteiger partial charge in [-0.15, -0.1) is 0 Å². The summed E-state index contributed by atoms with van der Waals surface area (Å²) in [6.45, 7) is 5.38. The Morgan fingerprint density at radius 2 is 2.22 bits per heavy atom. The minimum atomic E-state index is -0.519. The van der Waals surface area contributed by atoms with Gasteiger partial charge in [-0.25, -0.2) is 0 Å². The zero-order chi connectivity index (χ0) is 13.5. The summed E-state index contributed by atoms with van der Waals surface area (Å²) >= 11 is 3.45. The molecule has 1 aromatic rings. The zero-order valence-corrected chi connectivity index (χ0v) is 12.5. The summed E-state index contributed by atoms with van der Waals surface area (Å²) < 4.78 is 6.58. The molecule has 0 aliphatic carbocycles. The number of hydrogen-bond acceptors (Lipinski definition) is 3. The van der Waals surface area contributed by atoms with Gasteiger partial charge in [-0.05, 0) is 35.5 Å². The lowest BCUT2D eigenvalue weighted by Gasteiger charge is -2.17. The SMILES string of the molecule is CCNCc1cccc(Br)c1OC(C)C(=O)NC. The van der Waals surface area contributed by atoms with E-state index in [0.29, 0.717) is 6.54 Å². The quantitative estimate of drug-likeness (QED) is 0.845. The highest BCUT2D eigenvalue weighted by molar-refractivity contribution is 9.10. The molecule has 18 heavy (non-hydrogen) atoms. The third kappa shape index (κ3) is 3.99. The lowest BCUT2D eigenvalue weighted by molar-refractivity contribution is -0.126. The summed E-state index contributed by atoms with van der Waals surface area (Å²) in [5, 5.41) is 5.82. The maximum absolute atomic E-state index is 11.5. The lowest BCUT2D eigenvalue weighted by Crippen LogP contribution is -2.34. The fourth-order valence-corrected chi connectivity index (χ4v) is 2.02. The van der Waals surface area contributed by atoms with E-state index >= 15 is 0 Å². The van der Waals surface area contributed by atoms with Crippen LogP contribution in [0.1, 0.15) is 19.4 Å². The summed E-state index contributed by atoms with van der Waals surface area (Å²) in [6, 6.07) is 5.84. The van der Waals surface area contributed by atoms with Crippen LogP contribution in [0.3, 0.4) is 0 Å². The number of carbonyl (C=O) groups excluding carboxylic acids is 1. The van der Waals surface area contributed by atoms with Crippen molar-refractivity contribution in [3.8, 4) is 5.75 Å². The summed E-state index contributed by atoms with van der Waals surface area (Å²) in [5.74, 6) is 0.578. The molecule has 2 N–H and O–H groups in total. The molecule has 0 fully saturated rings. The van der Waals surface area contributed by atoms with Crippen molar-refractivity contribution in [2.75, 3.05) is 13.6 Å². The van der Waals surface area contributed by atoms with E-state index in [1.807, 2.05) is 25.1 Å². The molecule has 0 saturated carbocycles. The third-order valence-corrected chi connectivity index (χ3v) is 3.15. The first kappa shape index (κ1) is 15.0. The number of nitrogens with one attached hydrogen (secondary N) is 2. The number of hydrogen-bond donors (Lipinski definition) is 2. The number of likely N-dealkylation sites (N-methyl/N-ethyl adjacent to an activating group) is 1. The van der Waals surface area contributed by atoms with E-state index in [4.69, 9.17) is 4.74 Å². The number of amides is 1. The van der Waals surface area contributed by atoms with Gasteiger partial charge in [0, 0.05) is 19.2 Å². The standard InChI is InChI=1S/C13H19BrN2O2/c1-4-16-8-10-6-5-7-11(14)12(10)18-9(2)13(17)15-3/h5-7,9,16H,4,8H2,1-3H3,(H,15,17). The second-order valence-corrected chi connectivity index (χ2v) is 4.74. The molecular formula is C13H19BrN2O2. The predicted octanol–water partition coefficient (Wildman–Crippen LogP) is 2.07. The Bertz CT molecular complexity index is 410. The first-order chi connectivity index (χ1) is 8.60. The molecule has 0 heterocycles. The molecule has 1 aromatic carbocycles. The summed E-state index contributed by atoms with van der Waals surface area (Å²) in [6.07, 6.45) is -0.519. The largest absolute Gasteiger partial charge is 0.479 e. The van der Waals surface area contributed by atoms with E-state index < -0.39 is 6.10 Å². The maximum atomic E-state index is 11.5. The van der Waals surface area contributed by atoms with Crippen LogP contribution in [0.4, 0.5) is 0 Å². The van der Waals surface area contributed by atoms with E-state index in [-0.39, 0.29) is 5.91 Å². The molecule has 1 atom stereocenters. The molecule has 0 aliphatic heterocycles. The highest BCUT2D eigenvalue weighted by Gasteiger charge is 2.16. The molecule has 0 bridgehead atoms. The number of carbonyl (C=O) groups is 1. The van der Waals surface area contributed by atoms with Crippen LogP contribution in [0.15, 0.2) is 22.7 Å². The Morgan fingerprint density at radius 3 is 2.83 bits per heavy atom. The van der Waals surface area contributed by atoms with Crippen molar-refractivity contribution in [3.05, 3.63) is 28.2 Å². The van der Waals surface area contributed by atoms with Gasteiger partial charge in [0.25, 0.3) is 5.91 Å². The second-order valence-electron chi connectivity index (χ2n) is 3.88. The minimum Gasteiger partial charge on any atom is -0.479 e. The van der Waals surface area contributed by atoms with E-state index in [1.54, 1.807) is 14.0 Å². The fourth-order valence-electron chi connectivity index (χ4n) is 1.52. The van der Waals surface area contributed by atoms with Gasteiger partial charge in [-0.1, -0.05) is 19.1 Å². The molecule has 0 saturated heterocycles. The van der Waals surface area contributed by atoms with Crippen molar-refractivity contribution in [1.29, 1.82) is 0 Å². The van der Waals surface area contributed by atoms with Crippen LogP contribution >= 0.6 is 15.9 Å². The van der Waals surface area contributed by atoms with Gasteiger partial charge in [0.15, 0.2) is 6.10 Å². The van der Waals surface area contributed by atoms with E-state index in [0.717, 1.165) is 22.3 Å². The van der Waals surface area contributed by atoms with Gasteiger partial charge in [0.2, 0.25) is 0 Å². The number of ether oxygens (including phenoxy) is 1. The fraction of sp³-hybridized carbons (Fsp3) is 0.462. The van der Waals surface area contributed by atoms with Crippen LogP contribution < -0.4 is 15.4 Å². The van der Waals surface area contributed by atoms with Gasteiger partial charge in [0.05, 0.1) is 4.47 Å². The van der Waals surface area contributed by atoms with Crippen LogP contribution in [0.25, 0.3) is 0 Å². The number of para-hydroxylation sites is 1. The Morgan fingerprint density at radius 1 is 1.50 bits per heavy atom. The number of rotatable bonds is 6. The normalized spacial score (nSPS) is 12.0. The van der Waals surface area contributed by atoms with Gasteiger partial charge in [-0.2, -0.15) is 0 Å².